The van der Waals surface area contributed by atoms with Crippen molar-refractivity contribution in [1.82, 2.24) is 15.0 Å². The maximum atomic E-state index is 15.7. The van der Waals surface area contributed by atoms with Gasteiger partial charge in [0.1, 0.15) is 35.0 Å². The number of hydrogen-bond acceptors (Lipinski definition) is 11. The Morgan fingerprint density at radius 1 is 1.04 bits per heavy atom. The number of nitrogens with zero attached hydrogens (tertiary/aromatic N) is 5. The third kappa shape index (κ3) is 9.61. The summed E-state index contributed by atoms with van der Waals surface area (Å²) in [5.74, 6) is -6.28. The largest absolute Gasteiger partial charge is 1.00 e. The van der Waals surface area contributed by atoms with E-state index >= 15 is 4.39 Å². The van der Waals surface area contributed by atoms with Crippen molar-refractivity contribution in [3.8, 4) is 23.1 Å². The van der Waals surface area contributed by atoms with E-state index in [0.29, 0.717) is 45.3 Å². The summed E-state index contributed by atoms with van der Waals surface area (Å²) in [5, 5.41) is 16.5. The summed E-state index contributed by atoms with van der Waals surface area (Å²) in [6.07, 6.45) is -4.15. The van der Waals surface area contributed by atoms with Gasteiger partial charge in [-0.05, 0) is 60.7 Å². The lowest BCUT2D eigenvalue weighted by molar-refractivity contribution is -0.218. The van der Waals surface area contributed by atoms with E-state index in [2.05, 4.69) is 15.1 Å². The molecule has 5 rings (SSSR count). The maximum absolute atomic E-state index is 15.7. The number of aryl methyl sites for hydroxylation is 2. The summed E-state index contributed by atoms with van der Waals surface area (Å²) in [5.41, 5.74) is 6.29. The number of thiazole rings is 1. The van der Waals surface area contributed by atoms with Gasteiger partial charge < -0.3 is 32.2 Å². The number of amidine groups is 1. The van der Waals surface area contributed by atoms with Crippen LogP contribution >= 0.6 is 11.3 Å². The highest BCUT2D eigenvalue weighted by Crippen LogP contribution is 2.45. The Morgan fingerprint density at radius 3 is 2.27 bits per heavy atom. The lowest BCUT2D eigenvalue weighted by Gasteiger charge is -2.37. The number of hydrogen-bond donors (Lipinski definition) is 1. The highest BCUT2D eigenvalue weighted by molar-refractivity contribution is 7.10. The number of halogens is 6. The second kappa shape index (κ2) is 17.2. The van der Waals surface area contributed by atoms with E-state index in [-0.39, 0.29) is 40.2 Å². The van der Waals surface area contributed by atoms with Crippen molar-refractivity contribution in [1.29, 1.82) is 5.26 Å². The molecule has 0 fully saturated rings. The molecule has 0 amide bonds. The molecule has 3 aromatic carbocycles. The van der Waals surface area contributed by atoms with Gasteiger partial charge in [0.2, 0.25) is 0 Å². The third-order valence-corrected chi connectivity index (χ3v) is 9.88. The zero-order chi connectivity index (χ0) is 39.5. The molecule has 0 saturated heterocycles. The molecule has 10 nitrogen and oxygen atoms in total. The van der Waals surface area contributed by atoms with Crippen LogP contribution in [0.1, 0.15) is 59.5 Å². The van der Waals surface area contributed by atoms with Gasteiger partial charge in [-0.25, -0.2) is 23.4 Å². The maximum Gasteiger partial charge on any atom is 0.490 e. The highest BCUT2D eigenvalue weighted by atomic mass is 79.9. The number of aliphatic imine (C=N–C) groups is 1. The van der Waals surface area contributed by atoms with Crippen LogP contribution in [0.4, 0.5) is 22.0 Å². The van der Waals surface area contributed by atoms with Crippen LogP contribution in [-0.4, -0.2) is 52.9 Å². The first-order chi connectivity index (χ1) is 25.4. The minimum absolute atomic E-state index is 0. The number of carbonyl (C=O) groups is 2. The van der Waals surface area contributed by atoms with Crippen molar-refractivity contribution in [2.75, 3.05) is 6.54 Å². The number of aromatic nitrogens is 1. The fraction of sp³-hybridized carbons (Fsp3) is 0.316. The van der Waals surface area contributed by atoms with Crippen LogP contribution in [0.25, 0.3) is 11.3 Å². The zero-order valence-corrected chi connectivity index (χ0v) is 32.5. The Balaban J connectivity index is 0.00000673. The Bertz CT molecular complexity index is 2150. The first-order valence-electron chi connectivity index (χ1n) is 16.6. The van der Waals surface area contributed by atoms with Gasteiger partial charge in [-0.2, -0.15) is 18.4 Å². The molecule has 3 unspecified atom stereocenters. The summed E-state index contributed by atoms with van der Waals surface area (Å²) >= 11 is 1.03. The molecule has 289 valence electrons. The number of rotatable bonds is 12. The highest BCUT2D eigenvalue weighted by Gasteiger charge is 2.54. The topological polar surface area (TPSA) is 145 Å². The quantitative estimate of drug-likeness (QED) is 0.129. The number of nitrogens with two attached hydrogens (primary N) is 1. The molecule has 0 aliphatic carbocycles. The molecule has 0 bridgehead atoms. The number of nitriles is 1. The van der Waals surface area contributed by atoms with Crippen molar-refractivity contribution < 1.29 is 58.0 Å². The van der Waals surface area contributed by atoms with Crippen LogP contribution < -0.4 is 32.4 Å². The zero-order valence-electron chi connectivity index (χ0n) is 30.1. The van der Waals surface area contributed by atoms with Crippen LogP contribution in [0.3, 0.4) is 0 Å². The lowest BCUT2D eigenvalue weighted by atomic mass is 9.81. The van der Waals surface area contributed by atoms with Crippen molar-refractivity contribution in [2.24, 2.45) is 16.8 Å². The molecule has 2 N–H and O–H groups in total. The van der Waals surface area contributed by atoms with E-state index in [4.69, 9.17) is 20.5 Å². The molecule has 3 atom stereocenters. The van der Waals surface area contributed by atoms with E-state index in [1.807, 2.05) is 6.07 Å². The van der Waals surface area contributed by atoms with Crippen LogP contribution in [0, 0.1) is 42.7 Å². The standard InChI is InChI=1S/C38H35F5N6O4S.BrH/c1-20(2)32(45)35(50)52-33-21(3)12-25(13-22(33)4)14-31-46-19-49(48-31)18-37(53-36(51)38(41,42)43,28-11-10-27(39)15-29(28)40)23(5)34-47-30(17-54-34)26-8-6-24(16-44)7-9-26;/h6-13,15,17,19-20,23,32H,14,18,45H2,1-5H3;1H/q+1;/p-1. The van der Waals surface area contributed by atoms with E-state index in [0.717, 1.165) is 28.5 Å². The van der Waals surface area contributed by atoms with Crippen molar-refractivity contribution >= 4 is 35.4 Å². The number of ether oxygens (including phenoxy) is 2. The monoisotopic (exact) mass is 845 g/mol. The fourth-order valence-electron chi connectivity index (χ4n) is 5.88. The SMILES string of the molecule is Cc1cc(CC2=NN(CC(OC(=O)C(F)(F)F)(c3ccc(F)cc3F)C(C)c3nc(-c4ccc(C#N)cc4)cs3)C=[N+]2)cc(C)c1OC(=O)C(N)C(C)C.[Br-]. The summed E-state index contributed by atoms with van der Waals surface area (Å²) < 4.78 is 82.5. The molecule has 0 spiro atoms. The molecule has 4 aromatic rings. The summed E-state index contributed by atoms with van der Waals surface area (Å²) in [7, 11) is 0. The molecule has 1 aliphatic heterocycles. The van der Waals surface area contributed by atoms with Crippen molar-refractivity contribution in [3.05, 3.63) is 104 Å². The lowest BCUT2D eigenvalue weighted by Crippen LogP contribution is -3.00. The third-order valence-electron chi connectivity index (χ3n) is 8.85. The fourth-order valence-corrected chi connectivity index (χ4v) is 6.85. The smallest absolute Gasteiger partial charge is 0.490 e. The summed E-state index contributed by atoms with van der Waals surface area (Å²) in [6.45, 7) is 7.84. The average Bonchev–Trinajstić information content (AvgIpc) is 3.78. The second-order valence-corrected chi connectivity index (χ2v) is 14.1. The number of hydrazone groups is 1. The molecule has 2 heterocycles. The van der Waals surface area contributed by atoms with Crippen molar-refractivity contribution in [3.63, 3.8) is 0 Å². The first kappa shape index (κ1) is 42.7. The molecular formula is C38H35BrF5N6O4S. The van der Waals surface area contributed by atoms with Crippen LogP contribution in [0.2, 0.25) is 0 Å². The Hall–Kier alpha value is -5.05. The summed E-state index contributed by atoms with van der Waals surface area (Å²) in [4.78, 5) is 34.1. The van der Waals surface area contributed by atoms with Gasteiger partial charge in [0.15, 0.2) is 5.60 Å². The number of carbonyl (C=O) groups excluding carboxylic acids is 2. The molecular weight excluding hydrogens is 811 g/mol. The summed E-state index contributed by atoms with van der Waals surface area (Å²) in [6, 6.07) is 13.4. The van der Waals surface area contributed by atoms with Crippen LogP contribution in [0.15, 0.2) is 65.1 Å². The number of alkyl halides is 3. The van der Waals surface area contributed by atoms with Gasteiger partial charge in [0, 0.05) is 27.7 Å². The first-order valence-corrected chi connectivity index (χ1v) is 17.5. The minimum Gasteiger partial charge on any atom is -1.00 e. The molecule has 0 saturated carbocycles. The van der Waals surface area contributed by atoms with Gasteiger partial charge in [-0.1, -0.05) is 50.0 Å². The Labute approximate surface area is 328 Å². The minimum atomic E-state index is -5.48. The van der Waals surface area contributed by atoms with Crippen LogP contribution in [0.5, 0.6) is 5.75 Å². The van der Waals surface area contributed by atoms with E-state index in [1.165, 1.54) is 13.3 Å². The molecule has 17 heteroatoms. The second-order valence-electron chi connectivity index (χ2n) is 13.2. The van der Waals surface area contributed by atoms with Crippen molar-refractivity contribution in [2.45, 2.75) is 64.8 Å². The number of benzene rings is 3. The normalized spacial score (nSPS) is 14.7. The molecule has 1 radical (unpaired) electrons. The number of esters is 2. The predicted octanol–water partition coefficient (Wildman–Crippen LogP) is 3.81. The Morgan fingerprint density at radius 2 is 1.69 bits per heavy atom. The van der Waals surface area contributed by atoms with Gasteiger partial charge in [-0.15, -0.1) is 16.3 Å². The van der Waals surface area contributed by atoms with Gasteiger partial charge >= 0.3 is 24.0 Å². The van der Waals surface area contributed by atoms with Gasteiger partial charge in [0.25, 0.3) is 6.34 Å². The van der Waals surface area contributed by atoms with E-state index in [1.54, 1.807) is 69.5 Å². The average molecular weight is 847 g/mol. The van der Waals surface area contributed by atoms with E-state index in [9.17, 15) is 27.2 Å². The van der Waals surface area contributed by atoms with E-state index < -0.39 is 59.4 Å². The van der Waals surface area contributed by atoms with Crippen LogP contribution in [-0.2, 0) is 26.3 Å². The molecule has 55 heavy (non-hydrogen) atoms. The Kier molecular flexibility index (Phi) is 13.3. The molecule has 1 aromatic heterocycles. The molecule has 1 aliphatic rings. The van der Waals surface area contributed by atoms with Gasteiger partial charge in [0.05, 0.1) is 29.7 Å². The predicted molar refractivity (Wildman–Crippen MR) is 191 cm³/mol. The van der Waals surface area contributed by atoms with Gasteiger partial charge in [-0.3, -0.25) is 0 Å².